The molecule has 0 radical (unpaired) electrons. The van der Waals surface area contributed by atoms with Gasteiger partial charge in [0.05, 0.1) is 0 Å². The molecule has 0 aliphatic carbocycles. The monoisotopic (exact) mass is 303 g/mol. The van der Waals surface area contributed by atoms with E-state index in [2.05, 4.69) is 0 Å². The van der Waals surface area contributed by atoms with Crippen LogP contribution in [-0.2, 0) is 18.3 Å². The van der Waals surface area contributed by atoms with Crippen molar-refractivity contribution in [3.05, 3.63) is 34.9 Å². The molecule has 11 heavy (non-hydrogen) atoms. The van der Waals surface area contributed by atoms with Gasteiger partial charge in [0.1, 0.15) is 0 Å². The van der Waals surface area contributed by atoms with Crippen LogP contribution in [0.1, 0.15) is 9.53 Å². The fourth-order valence-electron chi connectivity index (χ4n) is 0.729. The zero-order valence-corrected chi connectivity index (χ0v) is 12.0. The molecule has 0 amide bonds. The van der Waals surface area contributed by atoms with E-state index in [1.807, 2.05) is 24.3 Å². The maximum atomic E-state index is 5.88. The van der Waals surface area contributed by atoms with E-state index in [0.29, 0.717) is 0 Å². The van der Waals surface area contributed by atoms with Gasteiger partial charge in [-0.1, -0.05) is 0 Å². The fraction of sp³-hybridized carbons (Fsp3) is 0.143. The van der Waals surface area contributed by atoms with Crippen molar-refractivity contribution in [2.75, 3.05) is 0 Å². The molecule has 57 valence electrons. The van der Waals surface area contributed by atoms with Crippen LogP contribution < -0.4 is 0 Å². The average molecular weight is 306 g/mol. The van der Waals surface area contributed by atoms with Crippen LogP contribution in [0.5, 0.6) is 0 Å². The van der Waals surface area contributed by atoms with E-state index >= 15 is 0 Å². The van der Waals surface area contributed by atoms with Gasteiger partial charge in [-0.2, -0.15) is 0 Å². The van der Waals surface area contributed by atoms with Gasteiger partial charge in [-0.25, -0.2) is 0 Å². The Morgan fingerprint density at radius 2 is 1.82 bits per heavy atom. The molecule has 0 fully saturated rings. The van der Waals surface area contributed by atoms with E-state index < -0.39 is 0 Å². The topological polar surface area (TPSA) is 0 Å². The Labute approximate surface area is 96.7 Å². The molecule has 0 N–H and O–H groups in total. The number of hydrogen-bond acceptors (Lipinski definition) is 0. The standard InChI is InChI=1S/C7H5Cl2.BrH.Zn/c8-5-6-3-1-2-4-7(6)9;;/h1-5H;1H;. The summed E-state index contributed by atoms with van der Waals surface area (Å²) in [6, 6.07) is 7.68. The number of benzene rings is 1. The first-order valence-electron chi connectivity index (χ1n) is 2.93. The fourth-order valence-corrected chi connectivity index (χ4v) is 2.26. The number of hydrogen-bond donors (Lipinski definition) is 0. The third-order valence-electron chi connectivity index (χ3n) is 1.24. The van der Waals surface area contributed by atoms with Gasteiger partial charge in [0.2, 0.25) is 0 Å². The van der Waals surface area contributed by atoms with Crippen LogP contribution in [-0.4, -0.2) is 0 Å². The third kappa shape index (κ3) is 3.42. The molecule has 1 unspecified atom stereocenters. The summed E-state index contributed by atoms with van der Waals surface area (Å²) in [5.74, 6) is 0. The Balaban J connectivity index is 0.000001000. The second-order valence-corrected chi connectivity index (χ2v) is 5.72. The molecule has 0 aromatic heterocycles. The summed E-state index contributed by atoms with van der Waals surface area (Å²) in [5, 5.41) is 0.772. The molecule has 0 spiro atoms. The molecule has 0 nitrogen and oxygen atoms in total. The van der Waals surface area contributed by atoms with Crippen LogP contribution in [0.2, 0.25) is 5.02 Å². The molecule has 4 heteroatoms. The van der Waals surface area contributed by atoms with Crippen molar-refractivity contribution in [2.24, 2.45) is 0 Å². The summed E-state index contributed by atoms with van der Waals surface area (Å²) in [5.41, 5.74) is 1.05. The first kappa shape index (κ1) is 11.9. The van der Waals surface area contributed by atoms with Crippen molar-refractivity contribution in [1.29, 1.82) is 0 Å². The van der Waals surface area contributed by atoms with E-state index in [0.717, 1.165) is 28.9 Å². The van der Waals surface area contributed by atoms with Gasteiger partial charge in [-0.3, -0.25) is 0 Å². The molecule has 0 saturated carbocycles. The predicted molar refractivity (Wildman–Crippen MR) is 50.4 cm³/mol. The van der Waals surface area contributed by atoms with E-state index in [1.54, 1.807) is 0 Å². The van der Waals surface area contributed by atoms with Crippen molar-refractivity contribution < 1.29 is 18.3 Å². The number of alkyl halides is 1. The van der Waals surface area contributed by atoms with Crippen LogP contribution in [0.25, 0.3) is 0 Å². The molecule has 0 heterocycles. The van der Waals surface area contributed by atoms with Crippen LogP contribution in [0.4, 0.5) is 0 Å². The molecule has 0 saturated heterocycles. The zero-order valence-electron chi connectivity index (χ0n) is 5.76. The second-order valence-electron chi connectivity index (χ2n) is 1.99. The summed E-state index contributed by atoms with van der Waals surface area (Å²) < 4.78 is 0.119. The maximum absolute atomic E-state index is 5.88. The quantitative estimate of drug-likeness (QED) is 0.548. The normalized spacial score (nSPS) is 12.0. The zero-order chi connectivity index (χ0) is 7.56. The molecular weight excluding hydrogens is 300 g/mol. The Bertz CT molecular complexity index is 227. The average Bonchev–Trinajstić information content (AvgIpc) is 1.88. The van der Waals surface area contributed by atoms with Crippen LogP contribution >= 0.6 is 40.2 Å². The Morgan fingerprint density at radius 3 is 2.18 bits per heavy atom. The summed E-state index contributed by atoms with van der Waals surface area (Å²) in [4.78, 5) is 0. The molecule has 0 bridgehead atoms. The Kier molecular flexibility index (Phi) is 5.99. The summed E-state index contributed by atoms with van der Waals surface area (Å²) >= 11 is 12.8. The minimum absolute atomic E-state index is 0. The summed E-state index contributed by atoms with van der Waals surface area (Å²) in [7, 11) is 0. The molecule has 1 rings (SSSR count). The van der Waals surface area contributed by atoms with Gasteiger partial charge in [0, 0.05) is 0 Å². The number of halogens is 3. The number of rotatable bonds is 1. The van der Waals surface area contributed by atoms with E-state index in [4.69, 9.17) is 23.2 Å². The van der Waals surface area contributed by atoms with Gasteiger partial charge in [0.25, 0.3) is 0 Å². The summed E-state index contributed by atoms with van der Waals surface area (Å²) in [6.07, 6.45) is 0. The van der Waals surface area contributed by atoms with Crippen molar-refractivity contribution in [1.82, 2.24) is 0 Å². The second kappa shape index (κ2) is 5.53. The van der Waals surface area contributed by atoms with Crippen LogP contribution in [0.3, 0.4) is 0 Å². The first-order valence-corrected chi connectivity index (χ1v) is 5.46. The molecular formula is C7H6BrCl2Zn. The molecule has 0 aliphatic rings. The van der Waals surface area contributed by atoms with E-state index in [-0.39, 0.29) is 21.0 Å². The van der Waals surface area contributed by atoms with Crippen molar-refractivity contribution in [2.45, 2.75) is 3.97 Å². The van der Waals surface area contributed by atoms with Gasteiger partial charge < -0.3 is 0 Å². The molecule has 1 aromatic carbocycles. The van der Waals surface area contributed by atoms with Gasteiger partial charge in [-0.15, -0.1) is 17.0 Å². The molecule has 1 atom stereocenters. The summed E-state index contributed by atoms with van der Waals surface area (Å²) in [6.45, 7) is 0. The van der Waals surface area contributed by atoms with Crippen LogP contribution in [0, 0.1) is 0 Å². The van der Waals surface area contributed by atoms with Crippen molar-refractivity contribution in [3.8, 4) is 0 Å². The van der Waals surface area contributed by atoms with Crippen LogP contribution in [0.15, 0.2) is 24.3 Å². The minimum atomic E-state index is 0. The van der Waals surface area contributed by atoms with Gasteiger partial charge in [0.15, 0.2) is 0 Å². The predicted octanol–water partition coefficient (Wildman–Crippen LogP) is 3.70. The Hall–Kier alpha value is 0.903. The SMILES string of the molecule is Br.Clc1ccccc1[CH](Cl)[Zn]. The van der Waals surface area contributed by atoms with Gasteiger partial charge in [-0.05, 0) is 0 Å². The molecule has 1 aromatic rings. The van der Waals surface area contributed by atoms with Crippen molar-refractivity contribution in [3.63, 3.8) is 0 Å². The van der Waals surface area contributed by atoms with Gasteiger partial charge >= 0.3 is 80.3 Å². The van der Waals surface area contributed by atoms with E-state index in [9.17, 15) is 0 Å². The third-order valence-corrected chi connectivity index (χ3v) is 2.74. The van der Waals surface area contributed by atoms with Crippen molar-refractivity contribution >= 4 is 40.2 Å². The molecule has 0 aliphatic heterocycles. The Morgan fingerprint density at radius 1 is 1.27 bits per heavy atom. The van der Waals surface area contributed by atoms with E-state index in [1.165, 1.54) is 0 Å². The first-order chi connectivity index (χ1) is 4.72.